The highest BCUT2D eigenvalue weighted by atomic mass is 32.2. The zero-order valence-corrected chi connectivity index (χ0v) is 7.95. The molecule has 0 spiro atoms. The Morgan fingerprint density at radius 1 is 1.79 bits per heavy atom. The van der Waals surface area contributed by atoms with Crippen molar-refractivity contribution < 1.29 is 9.90 Å². The molecule has 0 bridgehead atoms. The zero-order valence-electron chi connectivity index (χ0n) is 7.14. The van der Waals surface area contributed by atoms with Gasteiger partial charge in [0.05, 0.1) is 0 Å². The largest absolute Gasteiger partial charge is 0.480 e. The molecule has 1 aromatic rings. The first-order valence-corrected chi connectivity index (χ1v) is 4.74. The third-order valence-electron chi connectivity index (χ3n) is 1.36. The lowest BCUT2D eigenvalue weighted by Gasteiger charge is -2.04. The van der Waals surface area contributed by atoms with Crippen LogP contribution in [0.1, 0.15) is 0 Å². The van der Waals surface area contributed by atoms with Crippen molar-refractivity contribution in [1.29, 1.82) is 0 Å². The van der Waals surface area contributed by atoms with Gasteiger partial charge in [-0.05, 0) is 0 Å². The first kappa shape index (κ1) is 10.7. The van der Waals surface area contributed by atoms with Gasteiger partial charge in [0, 0.05) is 18.0 Å². The van der Waals surface area contributed by atoms with Crippen molar-refractivity contribution in [3.05, 3.63) is 22.6 Å². The van der Waals surface area contributed by atoms with Gasteiger partial charge in [-0.3, -0.25) is 9.59 Å². The smallest absolute Gasteiger partial charge is 0.321 e. The molecule has 4 N–H and O–H groups in total. The molecular weight excluding hydrogens is 206 g/mol. The Morgan fingerprint density at radius 3 is 3.07 bits per heavy atom. The number of aromatic amines is 1. The fourth-order valence-corrected chi connectivity index (χ4v) is 1.45. The van der Waals surface area contributed by atoms with E-state index in [1.807, 2.05) is 0 Å². The van der Waals surface area contributed by atoms with E-state index in [9.17, 15) is 9.59 Å². The second-order valence-corrected chi connectivity index (χ2v) is 3.50. The molecule has 1 heterocycles. The Labute approximate surface area is 83.5 Å². The van der Waals surface area contributed by atoms with Crippen molar-refractivity contribution in [2.45, 2.75) is 11.2 Å². The van der Waals surface area contributed by atoms with Gasteiger partial charge < -0.3 is 15.8 Å². The fourth-order valence-electron chi connectivity index (χ4n) is 0.665. The third-order valence-corrected chi connectivity index (χ3v) is 2.37. The topological polar surface area (TPSA) is 109 Å². The van der Waals surface area contributed by atoms with Crippen molar-refractivity contribution in [3.8, 4) is 0 Å². The summed E-state index contributed by atoms with van der Waals surface area (Å²) in [6, 6.07) is 0.326. The molecule has 0 aliphatic heterocycles. The molecular formula is C7H9N3O3S. The molecule has 14 heavy (non-hydrogen) atoms. The minimum atomic E-state index is -1.07. The van der Waals surface area contributed by atoms with E-state index >= 15 is 0 Å². The molecule has 7 heteroatoms. The predicted octanol–water partition coefficient (Wildman–Crippen LogP) is -0.726. The molecule has 0 aliphatic rings. The minimum Gasteiger partial charge on any atom is -0.480 e. The average molecular weight is 215 g/mol. The zero-order chi connectivity index (χ0) is 10.6. The second-order valence-electron chi connectivity index (χ2n) is 2.49. The van der Waals surface area contributed by atoms with Crippen LogP contribution in [0.3, 0.4) is 0 Å². The Balaban J connectivity index is 2.54. The Morgan fingerprint density at radius 2 is 2.50 bits per heavy atom. The van der Waals surface area contributed by atoms with Gasteiger partial charge in [-0.1, -0.05) is 11.8 Å². The lowest BCUT2D eigenvalue weighted by Crippen LogP contribution is -2.32. The number of H-pyrrole nitrogens is 1. The number of nitrogens with one attached hydrogen (secondary N) is 1. The molecule has 0 fully saturated rings. The van der Waals surface area contributed by atoms with Crippen molar-refractivity contribution in [1.82, 2.24) is 9.97 Å². The predicted molar refractivity (Wildman–Crippen MR) is 51.2 cm³/mol. The lowest BCUT2D eigenvalue weighted by atomic mass is 10.4. The molecule has 0 aromatic carbocycles. The molecule has 0 aliphatic carbocycles. The summed E-state index contributed by atoms with van der Waals surface area (Å²) >= 11 is 1.10. The summed E-state index contributed by atoms with van der Waals surface area (Å²) < 4.78 is 0. The van der Waals surface area contributed by atoms with Crippen molar-refractivity contribution in [2.24, 2.45) is 5.73 Å². The lowest BCUT2D eigenvalue weighted by molar-refractivity contribution is -0.137. The summed E-state index contributed by atoms with van der Waals surface area (Å²) in [7, 11) is 0. The number of hydrogen-bond acceptors (Lipinski definition) is 5. The van der Waals surface area contributed by atoms with Crippen molar-refractivity contribution in [2.75, 3.05) is 5.75 Å². The highest BCUT2D eigenvalue weighted by molar-refractivity contribution is 7.99. The summed E-state index contributed by atoms with van der Waals surface area (Å²) in [4.78, 5) is 27.4. The normalized spacial score (nSPS) is 12.4. The summed E-state index contributed by atoms with van der Waals surface area (Å²) in [6.07, 6.45) is 1.35. The van der Waals surface area contributed by atoms with Crippen LogP contribution in [0.4, 0.5) is 0 Å². The second kappa shape index (κ2) is 4.77. The number of hydrogen-bond donors (Lipinski definition) is 3. The van der Waals surface area contributed by atoms with Crippen LogP contribution in [0.15, 0.2) is 22.2 Å². The summed E-state index contributed by atoms with van der Waals surface area (Å²) in [5.74, 6) is -0.904. The standard InChI is InChI=1S/C7H9N3O3S/c8-4(6(12)13)3-14-7-9-2-1-5(11)10-7/h1-2,4H,3,8H2,(H,12,13)(H,9,10,11). The van der Waals surface area contributed by atoms with Gasteiger partial charge >= 0.3 is 5.97 Å². The highest BCUT2D eigenvalue weighted by Gasteiger charge is 2.11. The molecule has 6 nitrogen and oxygen atoms in total. The van der Waals surface area contributed by atoms with Gasteiger partial charge in [-0.25, -0.2) is 4.98 Å². The monoisotopic (exact) mass is 215 g/mol. The summed E-state index contributed by atoms with van der Waals surface area (Å²) in [5.41, 5.74) is 4.99. The quantitative estimate of drug-likeness (QED) is 0.451. The summed E-state index contributed by atoms with van der Waals surface area (Å²) in [6.45, 7) is 0. The molecule has 1 atom stereocenters. The first-order valence-electron chi connectivity index (χ1n) is 3.76. The SMILES string of the molecule is NC(CSc1nccc(=O)[nH]1)C(=O)O. The number of rotatable bonds is 4. The third kappa shape index (κ3) is 3.19. The van der Waals surface area contributed by atoms with Crippen LogP contribution >= 0.6 is 11.8 Å². The number of carbonyl (C=O) groups is 1. The Hall–Kier alpha value is -1.34. The van der Waals surface area contributed by atoms with Gasteiger partial charge in [0.15, 0.2) is 5.16 Å². The Kier molecular flexibility index (Phi) is 3.66. The van der Waals surface area contributed by atoms with Crippen LogP contribution in [0.2, 0.25) is 0 Å². The highest BCUT2D eigenvalue weighted by Crippen LogP contribution is 2.10. The van der Waals surface area contributed by atoms with Crippen molar-refractivity contribution in [3.63, 3.8) is 0 Å². The van der Waals surface area contributed by atoms with Gasteiger partial charge in [0.25, 0.3) is 5.56 Å². The number of aliphatic carboxylic acids is 1. The maximum Gasteiger partial charge on any atom is 0.321 e. The van der Waals surface area contributed by atoms with E-state index in [1.54, 1.807) is 0 Å². The van der Waals surface area contributed by atoms with E-state index < -0.39 is 12.0 Å². The van der Waals surface area contributed by atoms with E-state index in [2.05, 4.69) is 9.97 Å². The molecule has 0 radical (unpaired) electrons. The van der Waals surface area contributed by atoms with Crippen LogP contribution in [0.5, 0.6) is 0 Å². The molecule has 0 saturated carbocycles. The molecule has 0 amide bonds. The maximum absolute atomic E-state index is 10.8. The van der Waals surface area contributed by atoms with E-state index in [0.29, 0.717) is 5.16 Å². The van der Waals surface area contributed by atoms with Crippen LogP contribution in [-0.2, 0) is 4.79 Å². The van der Waals surface area contributed by atoms with E-state index in [1.165, 1.54) is 12.3 Å². The number of carboxylic acid groups (broad SMARTS) is 1. The van der Waals surface area contributed by atoms with E-state index in [4.69, 9.17) is 10.8 Å². The molecule has 1 aromatic heterocycles. The fraction of sp³-hybridized carbons (Fsp3) is 0.286. The number of nitrogens with two attached hydrogens (primary N) is 1. The number of thioether (sulfide) groups is 1. The molecule has 0 saturated heterocycles. The number of aromatic nitrogens is 2. The van der Waals surface area contributed by atoms with Crippen LogP contribution < -0.4 is 11.3 Å². The number of carboxylic acids is 1. The maximum atomic E-state index is 10.8. The van der Waals surface area contributed by atoms with Crippen molar-refractivity contribution >= 4 is 17.7 Å². The van der Waals surface area contributed by atoms with Gasteiger partial charge in [-0.2, -0.15) is 0 Å². The molecule has 1 unspecified atom stereocenters. The van der Waals surface area contributed by atoms with Crippen LogP contribution in [0, 0.1) is 0 Å². The van der Waals surface area contributed by atoms with E-state index in [-0.39, 0.29) is 11.3 Å². The van der Waals surface area contributed by atoms with E-state index in [0.717, 1.165) is 11.8 Å². The first-order chi connectivity index (χ1) is 6.59. The molecule has 76 valence electrons. The minimum absolute atomic E-state index is 0.169. The van der Waals surface area contributed by atoms with Gasteiger partial charge in [0.2, 0.25) is 0 Å². The van der Waals surface area contributed by atoms with Gasteiger partial charge in [-0.15, -0.1) is 0 Å². The average Bonchev–Trinajstić information content (AvgIpc) is 2.14. The molecule has 1 rings (SSSR count). The summed E-state index contributed by atoms with van der Waals surface area (Å²) in [5, 5.41) is 8.85. The van der Waals surface area contributed by atoms with Crippen LogP contribution in [-0.4, -0.2) is 32.8 Å². The van der Waals surface area contributed by atoms with Crippen LogP contribution in [0.25, 0.3) is 0 Å². The number of nitrogens with zero attached hydrogens (tertiary/aromatic N) is 1. The van der Waals surface area contributed by atoms with Gasteiger partial charge in [0.1, 0.15) is 6.04 Å². The Bertz CT molecular complexity index is 378.